The molecule has 2 aromatic carbocycles. The lowest BCUT2D eigenvalue weighted by molar-refractivity contribution is 0.473. The molecule has 0 aliphatic rings. The van der Waals surface area contributed by atoms with Gasteiger partial charge in [0.05, 0.1) is 0 Å². The Morgan fingerprint density at radius 2 is 1.79 bits per heavy atom. The number of nitrogen functional groups attached to an aromatic ring is 1. The molecule has 4 N–H and O–H groups in total. The minimum Gasteiger partial charge on any atom is -0.507 e. The summed E-state index contributed by atoms with van der Waals surface area (Å²) in [5, 5.41) is 12.2. The Bertz CT molecular complexity index is 621. The molecule has 0 aliphatic heterocycles. The van der Waals surface area contributed by atoms with Crippen LogP contribution < -0.4 is 11.1 Å². The molecule has 0 aliphatic carbocycles. The van der Waals surface area contributed by atoms with E-state index >= 15 is 0 Å². The first-order chi connectivity index (χ1) is 8.99. The zero-order chi connectivity index (χ0) is 14.0. The molecule has 0 heterocycles. The second kappa shape index (κ2) is 4.97. The molecule has 19 heavy (non-hydrogen) atoms. The monoisotopic (exact) mass is 262 g/mol. The first-order valence-corrected chi connectivity index (χ1v) is 5.48. The fourth-order valence-corrected chi connectivity index (χ4v) is 1.63. The Hall–Kier alpha value is -2.56. The van der Waals surface area contributed by atoms with Crippen molar-refractivity contribution < 1.29 is 13.9 Å². The van der Waals surface area contributed by atoms with Crippen LogP contribution in [0.4, 0.5) is 20.2 Å². The summed E-state index contributed by atoms with van der Waals surface area (Å²) in [5.41, 5.74) is 6.10. The molecule has 2 rings (SSSR count). The van der Waals surface area contributed by atoms with E-state index in [-0.39, 0.29) is 22.7 Å². The maximum atomic E-state index is 13.5. The highest BCUT2D eigenvalue weighted by Crippen LogP contribution is 2.29. The van der Waals surface area contributed by atoms with Crippen LogP contribution in [0.3, 0.4) is 0 Å². The smallest absolute Gasteiger partial charge is 0.149 e. The van der Waals surface area contributed by atoms with Crippen molar-refractivity contribution in [3.63, 3.8) is 0 Å². The predicted molar refractivity (Wildman–Crippen MR) is 71.5 cm³/mol. The van der Waals surface area contributed by atoms with Gasteiger partial charge in [0.25, 0.3) is 0 Å². The van der Waals surface area contributed by atoms with Crippen molar-refractivity contribution in [1.29, 1.82) is 0 Å². The molecule has 3 nitrogen and oxygen atoms in total. The normalized spacial score (nSPS) is 10.2. The molecule has 0 bridgehead atoms. The van der Waals surface area contributed by atoms with Crippen molar-refractivity contribution >= 4 is 17.1 Å². The molecular weight excluding hydrogens is 250 g/mol. The lowest BCUT2D eigenvalue weighted by Crippen LogP contribution is -2.03. The molecule has 0 radical (unpaired) electrons. The molecular formula is C14H12F2N2O. The Kier molecular flexibility index (Phi) is 3.37. The van der Waals surface area contributed by atoms with Gasteiger partial charge >= 0.3 is 0 Å². The molecule has 0 aromatic heterocycles. The van der Waals surface area contributed by atoms with E-state index in [2.05, 4.69) is 11.9 Å². The van der Waals surface area contributed by atoms with E-state index < -0.39 is 11.6 Å². The van der Waals surface area contributed by atoms with Crippen molar-refractivity contribution in [2.45, 2.75) is 0 Å². The van der Waals surface area contributed by atoms with Crippen LogP contribution in [0, 0.1) is 11.6 Å². The van der Waals surface area contributed by atoms with Gasteiger partial charge in [-0.1, -0.05) is 12.6 Å². The number of nitrogens with one attached hydrogen (secondary N) is 1. The quantitative estimate of drug-likeness (QED) is 0.587. The minimum atomic E-state index is -0.746. The number of rotatable bonds is 3. The fraction of sp³-hybridized carbons (Fsp3) is 0. The highest BCUT2D eigenvalue weighted by atomic mass is 19.1. The maximum absolute atomic E-state index is 13.5. The Balaban J connectivity index is 2.34. The Morgan fingerprint density at radius 3 is 2.42 bits per heavy atom. The summed E-state index contributed by atoms with van der Waals surface area (Å²) in [4.78, 5) is 0. The van der Waals surface area contributed by atoms with Crippen molar-refractivity contribution in [1.82, 2.24) is 0 Å². The van der Waals surface area contributed by atoms with Gasteiger partial charge < -0.3 is 16.2 Å². The summed E-state index contributed by atoms with van der Waals surface area (Å²) in [6.45, 7) is 3.64. The van der Waals surface area contributed by atoms with Gasteiger partial charge in [0, 0.05) is 16.9 Å². The van der Waals surface area contributed by atoms with Crippen molar-refractivity contribution in [3.05, 3.63) is 60.2 Å². The topological polar surface area (TPSA) is 58.3 Å². The SMILES string of the molecule is C=C(Nc1c(F)cccc1F)c1cc(N)ccc1O. The third-order valence-corrected chi connectivity index (χ3v) is 2.58. The summed E-state index contributed by atoms with van der Waals surface area (Å²) in [6.07, 6.45) is 0. The van der Waals surface area contributed by atoms with Crippen LogP contribution in [0.15, 0.2) is 43.0 Å². The highest BCUT2D eigenvalue weighted by molar-refractivity contribution is 5.80. The van der Waals surface area contributed by atoms with Gasteiger partial charge in [0.15, 0.2) is 0 Å². The second-order valence-corrected chi connectivity index (χ2v) is 3.98. The van der Waals surface area contributed by atoms with Crippen LogP contribution in [-0.4, -0.2) is 5.11 Å². The van der Waals surface area contributed by atoms with Gasteiger partial charge in [0.2, 0.25) is 0 Å². The molecule has 0 unspecified atom stereocenters. The first-order valence-electron chi connectivity index (χ1n) is 5.48. The van der Waals surface area contributed by atoms with Gasteiger partial charge in [-0.15, -0.1) is 0 Å². The molecule has 0 saturated carbocycles. The number of phenols is 1. The Morgan fingerprint density at radius 1 is 1.16 bits per heavy atom. The van der Waals surface area contributed by atoms with E-state index in [1.807, 2.05) is 0 Å². The number of nitrogens with two attached hydrogens (primary N) is 1. The lowest BCUT2D eigenvalue weighted by atomic mass is 10.1. The van der Waals surface area contributed by atoms with E-state index in [1.165, 1.54) is 24.3 Å². The number of hydrogen-bond acceptors (Lipinski definition) is 3. The summed E-state index contributed by atoms with van der Waals surface area (Å²) >= 11 is 0. The fourth-order valence-electron chi connectivity index (χ4n) is 1.63. The predicted octanol–water partition coefficient (Wildman–Crippen LogP) is 3.34. The molecule has 0 saturated heterocycles. The number of halogens is 2. The number of benzene rings is 2. The standard InChI is InChI=1S/C14H12F2N2O/c1-8(10-7-9(17)5-6-13(10)19)18-14-11(15)3-2-4-12(14)16/h2-7,18-19H,1,17H2. The van der Waals surface area contributed by atoms with Crippen LogP contribution in [0.25, 0.3) is 5.70 Å². The van der Waals surface area contributed by atoms with Crippen LogP contribution in [0.2, 0.25) is 0 Å². The summed E-state index contributed by atoms with van der Waals surface area (Å²) < 4.78 is 27.0. The maximum Gasteiger partial charge on any atom is 0.149 e. The van der Waals surface area contributed by atoms with Gasteiger partial charge in [-0.25, -0.2) is 8.78 Å². The van der Waals surface area contributed by atoms with E-state index in [0.29, 0.717) is 5.69 Å². The van der Waals surface area contributed by atoms with E-state index in [4.69, 9.17) is 5.73 Å². The summed E-state index contributed by atoms with van der Waals surface area (Å²) in [6, 6.07) is 7.86. The third kappa shape index (κ3) is 2.65. The van der Waals surface area contributed by atoms with Gasteiger partial charge in [-0.2, -0.15) is 0 Å². The molecule has 2 aromatic rings. The lowest BCUT2D eigenvalue weighted by Gasteiger charge is -2.13. The van der Waals surface area contributed by atoms with Crippen molar-refractivity contribution in [2.24, 2.45) is 0 Å². The average molecular weight is 262 g/mol. The average Bonchev–Trinajstić information content (AvgIpc) is 2.37. The van der Waals surface area contributed by atoms with Crippen LogP contribution >= 0.6 is 0 Å². The summed E-state index contributed by atoms with van der Waals surface area (Å²) in [7, 11) is 0. The molecule has 0 fully saturated rings. The molecule has 98 valence electrons. The zero-order valence-corrected chi connectivity index (χ0v) is 9.95. The first kappa shape index (κ1) is 12.9. The second-order valence-electron chi connectivity index (χ2n) is 3.98. The number of phenolic OH excluding ortho intramolecular Hbond substituents is 1. The van der Waals surface area contributed by atoms with E-state index in [9.17, 15) is 13.9 Å². The van der Waals surface area contributed by atoms with E-state index in [1.54, 1.807) is 0 Å². The van der Waals surface area contributed by atoms with Gasteiger partial charge in [0.1, 0.15) is 23.1 Å². The molecule has 0 spiro atoms. The third-order valence-electron chi connectivity index (χ3n) is 2.58. The van der Waals surface area contributed by atoms with Crippen LogP contribution in [0.5, 0.6) is 5.75 Å². The van der Waals surface area contributed by atoms with Crippen LogP contribution in [0.1, 0.15) is 5.56 Å². The molecule has 0 atom stereocenters. The molecule has 0 amide bonds. The summed E-state index contributed by atoms with van der Waals surface area (Å²) in [5.74, 6) is -1.57. The molecule has 5 heteroatoms. The van der Waals surface area contributed by atoms with Crippen LogP contribution in [-0.2, 0) is 0 Å². The largest absolute Gasteiger partial charge is 0.507 e. The minimum absolute atomic E-state index is 0.0801. The number of hydrogen-bond donors (Lipinski definition) is 3. The van der Waals surface area contributed by atoms with Gasteiger partial charge in [-0.3, -0.25) is 0 Å². The number of anilines is 2. The number of para-hydroxylation sites is 1. The van der Waals surface area contributed by atoms with Crippen molar-refractivity contribution in [2.75, 3.05) is 11.1 Å². The highest BCUT2D eigenvalue weighted by Gasteiger charge is 2.12. The number of aromatic hydroxyl groups is 1. The Labute approximate surface area is 109 Å². The van der Waals surface area contributed by atoms with Crippen molar-refractivity contribution in [3.8, 4) is 5.75 Å². The zero-order valence-electron chi connectivity index (χ0n) is 9.95. The van der Waals surface area contributed by atoms with Gasteiger partial charge in [-0.05, 0) is 30.3 Å². The van der Waals surface area contributed by atoms with E-state index in [0.717, 1.165) is 12.1 Å².